The Morgan fingerprint density at radius 1 is 1.44 bits per heavy atom. The van der Waals surface area contributed by atoms with Crippen LogP contribution >= 0.6 is 0 Å². The van der Waals surface area contributed by atoms with Gasteiger partial charge in [0.05, 0.1) is 5.41 Å². The first kappa shape index (κ1) is 9.85. The molecule has 16 heavy (non-hydrogen) atoms. The van der Waals surface area contributed by atoms with E-state index < -0.39 is 0 Å². The van der Waals surface area contributed by atoms with E-state index in [1.54, 1.807) is 0 Å². The summed E-state index contributed by atoms with van der Waals surface area (Å²) in [6, 6.07) is 7.98. The fraction of sp³-hybridized carbons (Fsp3) is 0.462. The lowest BCUT2D eigenvalue weighted by Gasteiger charge is -2.21. The van der Waals surface area contributed by atoms with Gasteiger partial charge < -0.3 is 9.73 Å². The molecule has 1 saturated heterocycles. The van der Waals surface area contributed by atoms with Crippen molar-refractivity contribution < 1.29 is 4.42 Å². The van der Waals surface area contributed by atoms with Gasteiger partial charge >= 0.3 is 0 Å². The summed E-state index contributed by atoms with van der Waals surface area (Å²) in [5, 5.41) is 3.41. The first-order valence-corrected chi connectivity index (χ1v) is 5.91. The van der Waals surface area contributed by atoms with Crippen LogP contribution in [0.2, 0.25) is 0 Å². The molecule has 1 aromatic carbocycles. The third-order valence-electron chi connectivity index (χ3n) is 3.67. The van der Waals surface area contributed by atoms with Crippen molar-refractivity contribution in [1.29, 1.82) is 0 Å². The quantitative estimate of drug-likeness (QED) is 0.838. The van der Waals surface area contributed by atoms with Crippen molar-refractivity contribution in [1.82, 2.24) is 10.3 Å². The molecule has 1 atom stereocenters. The molecule has 0 aliphatic carbocycles. The predicted octanol–water partition coefficient (Wildman–Crippen LogP) is 2.47. The molecule has 3 rings (SSSR count). The zero-order valence-electron chi connectivity index (χ0n) is 9.49. The van der Waals surface area contributed by atoms with Gasteiger partial charge in [0.2, 0.25) is 5.89 Å². The smallest absolute Gasteiger partial charge is 0.203 e. The second-order valence-corrected chi connectivity index (χ2v) is 4.55. The summed E-state index contributed by atoms with van der Waals surface area (Å²) in [5.41, 5.74) is 1.98. The molecular weight excluding hydrogens is 200 g/mol. The van der Waals surface area contributed by atoms with Crippen molar-refractivity contribution in [2.75, 3.05) is 13.1 Å². The number of aromatic nitrogens is 1. The molecule has 0 saturated carbocycles. The van der Waals surface area contributed by atoms with Crippen LogP contribution in [0.1, 0.15) is 25.7 Å². The van der Waals surface area contributed by atoms with Gasteiger partial charge in [-0.3, -0.25) is 0 Å². The Morgan fingerprint density at radius 3 is 3.00 bits per heavy atom. The average Bonchev–Trinajstić information content (AvgIpc) is 2.96. The van der Waals surface area contributed by atoms with Crippen molar-refractivity contribution in [3.63, 3.8) is 0 Å². The second-order valence-electron chi connectivity index (χ2n) is 4.55. The molecule has 0 radical (unpaired) electrons. The van der Waals surface area contributed by atoms with Gasteiger partial charge in [-0.2, -0.15) is 0 Å². The molecule has 3 heteroatoms. The Hall–Kier alpha value is -1.35. The van der Waals surface area contributed by atoms with Gasteiger partial charge in [0.1, 0.15) is 5.52 Å². The Morgan fingerprint density at radius 2 is 2.31 bits per heavy atom. The molecule has 1 aromatic heterocycles. The maximum Gasteiger partial charge on any atom is 0.203 e. The minimum atomic E-state index is 0.110. The van der Waals surface area contributed by atoms with Crippen molar-refractivity contribution in [2.24, 2.45) is 0 Å². The molecule has 2 heterocycles. The maximum absolute atomic E-state index is 5.90. The minimum absolute atomic E-state index is 0.110. The van der Waals surface area contributed by atoms with E-state index in [0.29, 0.717) is 0 Å². The van der Waals surface area contributed by atoms with Gasteiger partial charge in [0, 0.05) is 6.54 Å². The molecule has 0 spiro atoms. The van der Waals surface area contributed by atoms with Crippen LogP contribution in [0.25, 0.3) is 11.1 Å². The van der Waals surface area contributed by atoms with Gasteiger partial charge in [-0.1, -0.05) is 19.1 Å². The number of para-hydroxylation sites is 2. The van der Waals surface area contributed by atoms with Gasteiger partial charge in [-0.05, 0) is 31.5 Å². The van der Waals surface area contributed by atoms with E-state index in [4.69, 9.17) is 4.42 Å². The zero-order valence-corrected chi connectivity index (χ0v) is 9.49. The van der Waals surface area contributed by atoms with Crippen molar-refractivity contribution in [3.8, 4) is 0 Å². The normalized spacial score (nSPS) is 25.3. The topological polar surface area (TPSA) is 38.1 Å². The maximum atomic E-state index is 5.90. The molecule has 1 unspecified atom stereocenters. The van der Waals surface area contributed by atoms with E-state index in [1.807, 2.05) is 24.3 Å². The highest BCUT2D eigenvalue weighted by atomic mass is 16.3. The van der Waals surface area contributed by atoms with Crippen LogP contribution in [0.5, 0.6) is 0 Å². The lowest BCUT2D eigenvalue weighted by Crippen LogP contribution is -2.28. The number of nitrogens with zero attached hydrogens (tertiary/aromatic N) is 1. The van der Waals surface area contributed by atoms with E-state index >= 15 is 0 Å². The Bertz CT molecular complexity index is 464. The SMILES string of the molecule is CCC1(c2nc3ccccc3o2)CCNC1. The van der Waals surface area contributed by atoms with E-state index in [-0.39, 0.29) is 5.41 Å². The fourth-order valence-corrected chi connectivity index (χ4v) is 2.48. The summed E-state index contributed by atoms with van der Waals surface area (Å²) < 4.78 is 5.90. The molecule has 2 aromatic rings. The number of oxazole rings is 1. The largest absolute Gasteiger partial charge is 0.440 e. The lowest BCUT2D eigenvalue weighted by atomic mass is 9.84. The van der Waals surface area contributed by atoms with Crippen molar-refractivity contribution in [3.05, 3.63) is 30.2 Å². The number of hydrogen-bond acceptors (Lipinski definition) is 3. The summed E-state index contributed by atoms with van der Waals surface area (Å²) in [4.78, 5) is 4.63. The fourth-order valence-electron chi connectivity index (χ4n) is 2.48. The van der Waals surface area contributed by atoms with Crippen molar-refractivity contribution in [2.45, 2.75) is 25.2 Å². The highest BCUT2D eigenvalue weighted by molar-refractivity contribution is 5.72. The molecule has 0 amide bonds. The standard InChI is InChI=1S/C13H16N2O/c1-2-13(7-8-14-9-13)12-15-10-5-3-4-6-11(10)16-12/h3-6,14H,2,7-9H2,1H3. The third-order valence-corrected chi connectivity index (χ3v) is 3.67. The Balaban J connectivity index is 2.10. The molecule has 3 nitrogen and oxygen atoms in total. The van der Waals surface area contributed by atoms with Crippen LogP contribution < -0.4 is 5.32 Å². The molecule has 1 fully saturated rings. The van der Waals surface area contributed by atoms with Gasteiger partial charge in [-0.15, -0.1) is 0 Å². The summed E-state index contributed by atoms with van der Waals surface area (Å²) >= 11 is 0. The molecule has 1 aliphatic rings. The van der Waals surface area contributed by atoms with E-state index in [2.05, 4.69) is 17.2 Å². The summed E-state index contributed by atoms with van der Waals surface area (Å²) in [6.07, 6.45) is 2.20. The number of benzene rings is 1. The van der Waals surface area contributed by atoms with E-state index in [1.165, 1.54) is 0 Å². The summed E-state index contributed by atoms with van der Waals surface area (Å²) in [5.74, 6) is 0.904. The van der Waals surface area contributed by atoms with Gasteiger partial charge in [0.15, 0.2) is 5.58 Å². The van der Waals surface area contributed by atoms with E-state index in [0.717, 1.165) is 42.9 Å². The first-order valence-electron chi connectivity index (χ1n) is 5.91. The Labute approximate surface area is 94.9 Å². The van der Waals surface area contributed by atoms with E-state index in [9.17, 15) is 0 Å². The summed E-state index contributed by atoms with van der Waals surface area (Å²) in [7, 11) is 0. The Kier molecular flexibility index (Phi) is 2.21. The third kappa shape index (κ3) is 1.35. The number of hydrogen-bond donors (Lipinski definition) is 1. The van der Waals surface area contributed by atoms with Crippen LogP contribution in [0.3, 0.4) is 0 Å². The lowest BCUT2D eigenvalue weighted by molar-refractivity contribution is 0.344. The van der Waals surface area contributed by atoms with Gasteiger partial charge in [0.25, 0.3) is 0 Å². The first-order chi connectivity index (χ1) is 7.84. The van der Waals surface area contributed by atoms with Crippen LogP contribution in [0.15, 0.2) is 28.7 Å². The van der Waals surface area contributed by atoms with Gasteiger partial charge in [-0.25, -0.2) is 4.98 Å². The average molecular weight is 216 g/mol. The molecule has 1 N–H and O–H groups in total. The molecule has 1 aliphatic heterocycles. The number of rotatable bonds is 2. The van der Waals surface area contributed by atoms with Crippen molar-refractivity contribution >= 4 is 11.1 Å². The molecule has 0 bridgehead atoms. The van der Waals surface area contributed by atoms with Crippen LogP contribution in [-0.4, -0.2) is 18.1 Å². The predicted molar refractivity (Wildman–Crippen MR) is 63.5 cm³/mol. The van der Waals surface area contributed by atoms with Crippen LogP contribution in [0.4, 0.5) is 0 Å². The van der Waals surface area contributed by atoms with Crippen LogP contribution in [0, 0.1) is 0 Å². The number of fused-ring (bicyclic) bond motifs is 1. The monoisotopic (exact) mass is 216 g/mol. The second kappa shape index (κ2) is 3.59. The molecule has 84 valence electrons. The molecular formula is C13H16N2O. The minimum Gasteiger partial charge on any atom is -0.440 e. The highest BCUT2D eigenvalue weighted by Crippen LogP contribution is 2.34. The summed E-state index contributed by atoms with van der Waals surface area (Å²) in [6.45, 7) is 4.25. The number of nitrogens with one attached hydrogen (secondary N) is 1. The highest BCUT2D eigenvalue weighted by Gasteiger charge is 2.38. The zero-order chi connectivity index (χ0) is 11.0. The van der Waals surface area contributed by atoms with Crippen LogP contribution in [-0.2, 0) is 5.41 Å².